The molecule has 31 heavy (non-hydrogen) atoms. The second kappa shape index (κ2) is 10.1. The Morgan fingerprint density at radius 1 is 1.19 bits per heavy atom. The van der Waals surface area contributed by atoms with Gasteiger partial charge in [-0.2, -0.15) is 4.80 Å². The number of carboxylic acid groups (broad SMARTS) is 1. The lowest BCUT2D eigenvalue weighted by Gasteiger charge is -2.15. The van der Waals surface area contributed by atoms with Crippen molar-refractivity contribution in [3.8, 4) is 0 Å². The van der Waals surface area contributed by atoms with E-state index < -0.39 is 30.3 Å². The molecule has 0 bridgehead atoms. The molecule has 0 aliphatic heterocycles. The number of aromatic amines is 1. The Morgan fingerprint density at radius 3 is 2.65 bits per heavy atom. The van der Waals surface area contributed by atoms with E-state index in [0.717, 1.165) is 16.1 Å². The third kappa shape index (κ3) is 6.23. The van der Waals surface area contributed by atoms with Gasteiger partial charge in [-0.1, -0.05) is 30.3 Å². The number of alkyl carbamates (subject to hydrolysis) is 1. The van der Waals surface area contributed by atoms with Crippen LogP contribution in [0.15, 0.2) is 48.7 Å². The summed E-state index contributed by atoms with van der Waals surface area (Å²) >= 11 is 0. The lowest BCUT2D eigenvalue weighted by atomic mass is 10.1. The summed E-state index contributed by atoms with van der Waals surface area (Å²) in [5, 5.41) is 23.4. The number of benzene rings is 1. The first-order chi connectivity index (χ1) is 14.9. The summed E-state index contributed by atoms with van der Waals surface area (Å²) in [6.45, 7) is 1.53. The lowest BCUT2D eigenvalue weighted by Crippen LogP contribution is -2.44. The van der Waals surface area contributed by atoms with Crippen LogP contribution < -0.4 is 5.32 Å². The minimum Gasteiger partial charge on any atom is -0.481 e. The highest BCUT2D eigenvalue weighted by atomic mass is 16.5. The molecule has 1 amide bonds. The third-order valence-corrected chi connectivity index (χ3v) is 4.51. The summed E-state index contributed by atoms with van der Waals surface area (Å²) in [5.74, 6) is -1.59. The highest BCUT2D eigenvalue weighted by Gasteiger charge is 2.26. The van der Waals surface area contributed by atoms with Gasteiger partial charge in [0.2, 0.25) is 0 Å². The molecule has 0 spiro atoms. The Kier molecular flexibility index (Phi) is 7.09. The van der Waals surface area contributed by atoms with E-state index >= 15 is 0 Å². The van der Waals surface area contributed by atoms with E-state index in [4.69, 9.17) is 9.84 Å². The topological polar surface area (TPSA) is 152 Å². The number of tetrazole rings is 1. The predicted molar refractivity (Wildman–Crippen MR) is 107 cm³/mol. The number of ether oxygens (including phenoxy) is 1. The SMILES string of the molecule is CC(c1nnn(CC(=O)C(CC(=O)O)NC(=O)OCc2ccccc2)n1)c1ccc[nH]1. The molecular formula is C20H22N6O5. The Bertz CT molecular complexity index is 1020. The van der Waals surface area contributed by atoms with Crippen molar-refractivity contribution >= 4 is 17.8 Å². The second-order valence-corrected chi connectivity index (χ2v) is 6.85. The van der Waals surface area contributed by atoms with E-state index in [1.807, 2.05) is 25.1 Å². The molecule has 2 heterocycles. The van der Waals surface area contributed by atoms with Crippen molar-refractivity contribution in [3.05, 3.63) is 65.7 Å². The fourth-order valence-electron chi connectivity index (χ4n) is 2.83. The smallest absolute Gasteiger partial charge is 0.408 e. The molecule has 0 saturated carbocycles. The number of carbonyl (C=O) groups excluding carboxylic acids is 2. The number of carbonyl (C=O) groups is 3. The van der Waals surface area contributed by atoms with Crippen molar-refractivity contribution in [1.29, 1.82) is 0 Å². The molecule has 2 unspecified atom stereocenters. The van der Waals surface area contributed by atoms with Crippen LogP contribution >= 0.6 is 0 Å². The Hall–Kier alpha value is -4.02. The molecule has 0 fully saturated rings. The van der Waals surface area contributed by atoms with Crippen molar-refractivity contribution in [2.45, 2.75) is 38.5 Å². The van der Waals surface area contributed by atoms with E-state index in [-0.39, 0.29) is 19.1 Å². The van der Waals surface area contributed by atoms with Crippen LogP contribution in [0.3, 0.4) is 0 Å². The van der Waals surface area contributed by atoms with Gasteiger partial charge in [0.1, 0.15) is 19.2 Å². The minimum atomic E-state index is -1.30. The van der Waals surface area contributed by atoms with Crippen molar-refractivity contribution in [2.24, 2.45) is 0 Å². The number of nitrogens with one attached hydrogen (secondary N) is 2. The first kappa shape index (κ1) is 21.7. The van der Waals surface area contributed by atoms with Crippen molar-refractivity contribution < 1.29 is 24.2 Å². The van der Waals surface area contributed by atoms with Gasteiger partial charge in [-0.3, -0.25) is 9.59 Å². The molecule has 1 aromatic carbocycles. The van der Waals surface area contributed by atoms with Crippen molar-refractivity contribution in [2.75, 3.05) is 0 Å². The molecule has 0 aliphatic rings. The molecule has 2 atom stereocenters. The lowest BCUT2D eigenvalue weighted by molar-refractivity contribution is -0.139. The Labute approximate surface area is 177 Å². The van der Waals surface area contributed by atoms with Gasteiger partial charge in [0.25, 0.3) is 0 Å². The van der Waals surface area contributed by atoms with Crippen molar-refractivity contribution in [3.63, 3.8) is 0 Å². The molecule has 162 valence electrons. The maximum atomic E-state index is 12.6. The summed E-state index contributed by atoms with van der Waals surface area (Å²) in [7, 11) is 0. The van der Waals surface area contributed by atoms with E-state index in [0.29, 0.717) is 5.82 Å². The zero-order chi connectivity index (χ0) is 22.2. The highest BCUT2D eigenvalue weighted by Crippen LogP contribution is 2.17. The normalized spacial score (nSPS) is 12.7. The summed E-state index contributed by atoms with van der Waals surface area (Å²) in [6.07, 6.45) is 0.287. The number of H-pyrrole nitrogens is 1. The number of ketones is 1. The molecule has 11 nitrogen and oxygen atoms in total. The second-order valence-electron chi connectivity index (χ2n) is 6.85. The number of carboxylic acids is 1. The fourth-order valence-corrected chi connectivity index (χ4v) is 2.83. The Balaban J connectivity index is 1.59. The first-order valence-electron chi connectivity index (χ1n) is 9.55. The number of rotatable bonds is 10. The molecule has 0 saturated heterocycles. The molecule has 0 radical (unpaired) electrons. The minimum absolute atomic E-state index is 0.00865. The van der Waals surface area contributed by atoms with Crippen LogP contribution in [0.4, 0.5) is 4.79 Å². The summed E-state index contributed by atoms with van der Waals surface area (Å²) in [6, 6.07) is 11.4. The maximum absolute atomic E-state index is 12.6. The number of hydrogen-bond acceptors (Lipinski definition) is 7. The fraction of sp³-hybridized carbons (Fsp3) is 0.300. The van der Waals surface area contributed by atoms with Gasteiger partial charge in [0.05, 0.1) is 12.3 Å². The molecular weight excluding hydrogens is 404 g/mol. The van der Waals surface area contributed by atoms with Crippen molar-refractivity contribution in [1.82, 2.24) is 30.5 Å². The van der Waals surface area contributed by atoms with Crippen LogP contribution in [0.2, 0.25) is 0 Å². The van der Waals surface area contributed by atoms with Gasteiger partial charge in [-0.25, -0.2) is 4.79 Å². The molecule has 3 rings (SSSR count). The van der Waals surface area contributed by atoms with E-state index in [1.165, 1.54) is 0 Å². The number of aromatic nitrogens is 5. The van der Waals surface area contributed by atoms with Crippen LogP contribution in [0.25, 0.3) is 0 Å². The highest BCUT2D eigenvalue weighted by molar-refractivity contribution is 5.90. The van der Waals surface area contributed by atoms with Gasteiger partial charge >= 0.3 is 12.1 Å². The third-order valence-electron chi connectivity index (χ3n) is 4.51. The number of Topliss-reactive ketones (excluding diaryl/α,β-unsaturated/α-hetero) is 1. The summed E-state index contributed by atoms with van der Waals surface area (Å²) in [4.78, 5) is 39.9. The maximum Gasteiger partial charge on any atom is 0.408 e. The zero-order valence-corrected chi connectivity index (χ0v) is 16.8. The van der Waals surface area contributed by atoms with Crippen LogP contribution in [0.1, 0.15) is 36.3 Å². The molecule has 0 aliphatic carbocycles. The molecule has 11 heteroatoms. The van der Waals surface area contributed by atoms with Crippen LogP contribution in [0.5, 0.6) is 0 Å². The quantitative estimate of drug-likeness (QED) is 0.441. The van der Waals surface area contributed by atoms with Gasteiger partial charge < -0.3 is 20.1 Å². The average Bonchev–Trinajstić information content (AvgIpc) is 3.44. The average molecular weight is 426 g/mol. The molecule has 3 N–H and O–H groups in total. The van der Waals surface area contributed by atoms with Gasteiger partial charge in [-0.05, 0) is 29.8 Å². The van der Waals surface area contributed by atoms with E-state index in [9.17, 15) is 14.4 Å². The standard InChI is InChI=1S/C20H22N6O5/c1-13(15-8-5-9-21-15)19-23-25-26(24-19)11-17(27)16(10-18(28)29)22-20(30)31-12-14-6-3-2-4-7-14/h2-9,13,16,21H,10-12H2,1H3,(H,22,30)(H,28,29). The number of amides is 1. The predicted octanol–water partition coefficient (Wildman–Crippen LogP) is 1.49. The van der Waals surface area contributed by atoms with Gasteiger partial charge in [0, 0.05) is 11.9 Å². The summed E-state index contributed by atoms with van der Waals surface area (Å²) < 4.78 is 5.07. The van der Waals surface area contributed by atoms with Crippen LogP contribution in [-0.4, -0.2) is 54.2 Å². The number of aliphatic carboxylic acids is 1. The van der Waals surface area contributed by atoms with Gasteiger partial charge in [0.15, 0.2) is 11.6 Å². The zero-order valence-electron chi connectivity index (χ0n) is 16.8. The Morgan fingerprint density at radius 2 is 1.97 bits per heavy atom. The molecule has 2 aromatic heterocycles. The van der Waals surface area contributed by atoms with E-state index in [2.05, 4.69) is 25.7 Å². The number of hydrogen-bond donors (Lipinski definition) is 3. The number of nitrogens with zero attached hydrogens (tertiary/aromatic N) is 4. The monoisotopic (exact) mass is 426 g/mol. The van der Waals surface area contributed by atoms with Crippen LogP contribution in [0, 0.1) is 0 Å². The summed E-state index contributed by atoms with van der Waals surface area (Å²) in [5.41, 5.74) is 1.65. The first-order valence-corrected chi connectivity index (χ1v) is 9.55. The molecule has 3 aromatic rings. The largest absolute Gasteiger partial charge is 0.481 e. The van der Waals surface area contributed by atoms with Crippen LogP contribution in [-0.2, 0) is 27.5 Å². The van der Waals surface area contributed by atoms with Gasteiger partial charge in [-0.15, -0.1) is 10.2 Å². The van der Waals surface area contributed by atoms with E-state index in [1.54, 1.807) is 30.5 Å².